The fraction of sp³-hybridized carbons (Fsp3) is 0.529. The zero-order valence-corrected chi connectivity index (χ0v) is 14.5. The van der Waals surface area contributed by atoms with E-state index in [-0.39, 0.29) is 18.3 Å². The van der Waals surface area contributed by atoms with E-state index in [0.717, 1.165) is 16.4 Å². The van der Waals surface area contributed by atoms with E-state index in [1.807, 2.05) is 24.4 Å². The van der Waals surface area contributed by atoms with Gasteiger partial charge in [-0.1, -0.05) is 12.1 Å². The average molecular weight is 327 g/mol. The van der Waals surface area contributed by atoms with Gasteiger partial charge < -0.3 is 19.4 Å². The van der Waals surface area contributed by atoms with E-state index < -0.39 is 0 Å². The lowest BCUT2D eigenvalue weighted by Gasteiger charge is -2.32. The highest BCUT2D eigenvalue weighted by molar-refractivity contribution is 6.62. The summed E-state index contributed by atoms with van der Waals surface area (Å²) in [6.07, 6.45) is 1.83. The van der Waals surface area contributed by atoms with Crippen LogP contribution >= 0.6 is 0 Å². The average Bonchev–Trinajstić information content (AvgIpc) is 2.71. The molecule has 7 heteroatoms. The van der Waals surface area contributed by atoms with Crippen LogP contribution < -0.4 is 10.8 Å². The number of nitrogens with one attached hydrogen (secondary N) is 1. The molecule has 1 aromatic carbocycles. The summed E-state index contributed by atoms with van der Waals surface area (Å²) in [5, 5.41) is 4.24. The van der Waals surface area contributed by atoms with Gasteiger partial charge in [-0.15, -0.1) is 0 Å². The molecule has 1 aromatic heterocycles. The van der Waals surface area contributed by atoms with Crippen molar-refractivity contribution in [3.05, 3.63) is 24.4 Å². The molecule has 2 aliphatic heterocycles. The van der Waals surface area contributed by atoms with Gasteiger partial charge in [0.15, 0.2) is 0 Å². The van der Waals surface area contributed by atoms with E-state index in [9.17, 15) is 0 Å². The smallest absolute Gasteiger partial charge is 0.399 e. The number of rotatable bonds is 3. The molecule has 0 aliphatic carbocycles. The van der Waals surface area contributed by atoms with Gasteiger partial charge in [0.2, 0.25) is 5.95 Å². The first-order chi connectivity index (χ1) is 11.3. The number of aromatic nitrogens is 2. The first-order valence-electron chi connectivity index (χ1n) is 8.31. The molecule has 2 aromatic rings. The van der Waals surface area contributed by atoms with Gasteiger partial charge in [-0.3, -0.25) is 0 Å². The summed E-state index contributed by atoms with van der Waals surface area (Å²) < 4.78 is 17.4. The molecule has 126 valence electrons. The van der Waals surface area contributed by atoms with E-state index >= 15 is 0 Å². The second-order valence-corrected chi connectivity index (χ2v) is 7.48. The maximum Gasteiger partial charge on any atom is 0.494 e. The Morgan fingerprint density at radius 1 is 1.12 bits per heavy atom. The Labute approximate surface area is 142 Å². The molecule has 24 heavy (non-hydrogen) atoms. The molecule has 4 rings (SSSR count). The fourth-order valence-corrected chi connectivity index (χ4v) is 2.75. The van der Waals surface area contributed by atoms with Gasteiger partial charge in [0.05, 0.1) is 36.0 Å². The first-order valence-corrected chi connectivity index (χ1v) is 8.31. The molecule has 0 radical (unpaired) electrons. The number of hydrogen-bond acceptors (Lipinski definition) is 6. The highest BCUT2D eigenvalue weighted by atomic mass is 16.7. The minimum atomic E-state index is -0.371. The summed E-state index contributed by atoms with van der Waals surface area (Å²) in [6, 6.07) is 6.34. The van der Waals surface area contributed by atoms with Gasteiger partial charge in [-0.25, -0.2) is 9.97 Å². The van der Waals surface area contributed by atoms with Crippen molar-refractivity contribution in [1.82, 2.24) is 9.97 Å². The second-order valence-electron chi connectivity index (χ2n) is 7.48. The number of hydrogen-bond donors (Lipinski definition) is 1. The molecule has 2 saturated heterocycles. The highest BCUT2D eigenvalue weighted by Crippen LogP contribution is 2.36. The maximum absolute atomic E-state index is 6.11. The summed E-state index contributed by atoms with van der Waals surface area (Å²) in [5.74, 6) is 0.638. The third kappa shape index (κ3) is 2.66. The van der Waals surface area contributed by atoms with Gasteiger partial charge in [0, 0.05) is 11.6 Å². The standard InChI is InChI=1S/C17H22BN3O3/c1-16(2)17(3,4)24-18(23-16)12-5-6-14-11(7-12)8-19-15(21-14)20-13-9-22-10-13/h5-8,13H,9-10H2,1-4H3,(H,19,20,21). The third-order valence-electron chi connectivity index (χ3n) is 5.10. The summed E-state index contributed by atoms with van der Waals surface area (Å²) in [6.45, 7) is 9.64. The summed E-state index contributed by atoms with van der Waals surface area (Å²) >= 11 is 0. The van der Waals surface area contributed by atoms with Gasteiger partial charge >= 0.3 is 7.12 Å². The van der Waals surface area contributed by atoms with Crippen molar-refractivity contribution >= 4 is 29.4 Å². The summed E-state index contributed by atoms with van der Waals surface area (Å²) in [5.41, 5.74) is 1.19. The molecule has 0 saturated carbocycles. The van der Waals surface area contributed by atoms with E-state index in [2.05, 4.69) is 43.0 Å². The monoisotopic (exact) mass is 327 g/mol. The van der Waals surface area contributed by atoms with Crippen LogP contribution in [-0.2, 0) is 14.0 Å². The van der Waals surface area contributed by atoms with E-state index in [0.29, 0.717) is 25.2 Å². The van der Waals surface area contributed by atoms with Gasteiger partial charge in [-0.05, 0) is 39.2 Å². The van der Waals surface area contributed by atoms with Crippen LogP contribution in [0.5, 0.6) is 0 Å². The molecular formula is C17H22BN3O3. The zero-order valence-electron chi connectivity index (χ0n) is 14.5. The number of nitrogens with zero attached hydrogens (tertiary/aromatic N) is 2. The number of anilines is 1. The normalized spacial score (nSPS) is 22.6. The van der Waals surface area contributed by atoms with E-state index in [4.69, 9.17) is 14.0 Å². The van der Waals surface area contributed by atoms with Crippen LogP contribution in [0.15, 0.2) is 24.4 Å². The molecule has 0 bridgehead atoms. The minimum Gasteiger partial charge on any atom is -0.399 e. The lowest BCUT2D eigenvalue weighted by molar-refractivity contribution is 0.00578. The van der Waals surface area contributed by atoms with Gasteiger partial charge in [0.1, 0.15) is 0 Å². The zero-order chi connectivity index (χ0) is 16.9. The molecule has 2 aliphatic rings. The summed E-state index contributed by atoms with van der Waals surface area (Å²) in [4.78, 5) is 8.96. The van der Waals surface area contributed by atoms with E-state index in [1.54, 1.807) is 0 Å². The topological polar surface area (TPSA) is 65.5 Å². The van der Waals surface area contributed by atoms with E-state index in [1.165, 1.54) is 0 Å². The SMILES string of the molecule is CC1(C)OB(c2ccc3nc(NC4COC4)ncc3c2)OC1(C)C. The minimum absolute atomic E-state index is 0.312. The van der Waals surface area contributed by atoms with Crippen LogP contribution in [0.25, 0.3) is 10.9 Å². The van der Waals surface area contributed by atoms with Crippen LogP contribution in [0.3, 0.4) is 0 Å². The fourth-order valence-electron chi connectivity index (χ4n) is 2.75. The van der Waals surface area contributed by atoms with Crippen LogP contribution in [0.1, 0.15) is 27.7 Å². The molecule has 0 atom stereocenters. The Hall–Kier alpha value is -1.70. The number of ether oxygens (including phenoxy) is 1. The Morgan fingerprint density at radius 3 is 2.46 bits per heavy atom. The molecular weight excluding hydrogens is 305 g/mol. The Bertz CT molecular complexity index is 761. The van der Waals surface area contributed by atoms with Crippen molar-refractivity contribution < 1.29 is 14.0 Å². The predicted molar refractivity (Wildman–Crippen MR) is 93.5 cm³/mol. The molecule has 6 nitrogen and oxygen atoms in total. The van der Waals surface area contributed by atoms with Crippen molar-refractivity contribution in [1.29, 1.82) is 0 Å². The molecule has 0 unspecified atom stereocenters. The van der Waals surface area contributed by atoms with Gasteiger partial charge in [0.25, 0.3) is 0 Å². The number of benzene rings is 1. The van der Waals surface area contributed by atoms with Gasteiger partial charge in [-0.2, -0.15) is 0 Å². The van der Waals surface area contributed by atoms with Crippen LogP contribution in [-0.4, -0.2) is 47.5 Å². The van der Waals surface area contributed by atoms with Crippen LogP contribution in [0, 0.1) is 0 Å². The second kappa shape index (κ2) is 5.41. The van der Waals surface area contributed by atoms with Crippen molar-refractivity contribution in [2.45, 2.75) is 44.9 Å². The summed E-state index contributed by atoms with van der Waals surface area (Å²) in [7, 11) is -0.371. The lowest BCUT2D eigenvalue weighted by Crippen LogP contribution is -2.41. The lowest BCUT2D eigenvalue weighted by atomic mass is 9.78. The molecule has 3 heterocycles. The molecule has 0 amide bonds. The maximum atomic E-state index is 6.11. The van der Waals surface area contributed by atoms with Crippen molar-refractivity contribution in [2.24, 2.45) is 0 Å². The van der Waals surface area contributed by atoms with Crippen molar-refractivity contribution in [3.8, 4) is 0 Å². The first kappa shape index (κ1) is 15.8. The van der Waals surface area contributed by atoms with Crippen molar-refractivity contribution in [3.63, 3.8) is 0 Å². The largest absolute Gasteiger partial charge is 0.494 e. The molecule has 1 N–H and O–H groups in total. The molecule has 0 spiro atoms. The third-order valence-corrected chi connectivity index (χ3v) is 5.10. The molecule has 2 fully saturated rings. The number of fused-ring (bicyclic) bond motifs is 1. The quantitative estimate of drug-likeness (QED) is 0.867. The Balaban J connectivity index is 1.58. The van der Waals surface area contributed by atoms with Crippen LogP contribution in [0.4, 0.5) is 5.95 Å². The van der Waals surface area contributed by atoms with Crippen molar-refractivity contribution in [2.75, 3.05) is 18.5 Å². The predicted octanol–water partition coefficient (Wildman–Crippen LogP) is 1.74. The highest BCUT2D eigenvalue weighted by Gasteiger charge is 2.51. The Kier molecular flexibility index (Phi) is 3.56. The Morgan fingerprint density at radius 2 is 1.83 bits per heavy atom. The van der Waals surface area contributed by atoms with Crippen LogP contribution in [0.2, 0.25) is 0 Å².